The second-order valence-corrected chi connectivity index (χ2v) is 5.06. The molecule has 0 fully saturated rings. The van der Waals surface area contributed by atoms with Gasteiger partial charge in [0.1, 0.15) is 5.75 Å². The Balaban J connectivity index is 1.90. The topological polar surface area (TPSA) is 81.4 Å². The summed E-state index contributed by atoms with van der Waals surface area (Å²) in [6.45, 7) is -0.111. The van der Waals surface area contributed by atoms with E-state index in [-0.39, 0.29) is 12.5 Å². The van der Waals surface area contributed by atoms with Crippen LogP contribution in [-0.2, 0) is 4.79 Å². The van der Waals surface area contributed by atoms with Gasteiger partial charge in [0.05, 0.1) is 4.47 Å². The predicted molar refractivity (Wildman–Crippen MR) is 83.2 cm³/mol. The van der Waals surface area contributed by atoms with Gasteiger partial charge in [-0.2, -0.15) is 0 Å². The normalized spacial score (nSPS) is 9.95. The monoisotopic (exact) mass is 348 g/mol. The molecule has 0 aliphatic heterocycles. The summed E-state index contributed by atoms with van der Waals surface area (Å²) in [6.07, 6.45) is 0. The lowest BCUT2D eigenvalue weighted by molar-refractivity contribution is -0.118. The van der Waals surface area contributed by atoms with Gasteiger partial charge in [0.15, 0.2) is 6.61 Å². The van der Waals surface area contributed by atoms with Gasteiger partial charge < -0.3 is 15.8 Å². The summed E-state index contributed by atoms with van der Waals surface area (Å²) in [7, 11) is 0. The van der Waals surface area contributed by atoms with Gasteiger partial charge in [0.25, 0.3) is 5.91 Å². The number of para-hydroxylation sites is 1. The molecule has 21 heavy (non-hydrogen) atoms. The molecule has 2 amide bonds. The van der Waals surface area contributed by atoms with Crippen molar-refractivity contribution in [1.82, 2.24) is 0 Å². The lowest BCUT2D eigenvalue weighted by Gasteiger charge is -2.09. The molecule has 3 N–H and O–H groups in total. The van der Waals surface area contributed by atoms with E-state index in [9.17, 15) is 9.59 Å². The number of hydrogen-bond donors (Lipinski definition) is 2. The van der Waals surface area contributed by atoms with Crippen LogP contribution in [0.15, 0.2) is 53.0 Å². The summed E-state index contributed by atoms with van der Waals surface area (Å²) in [5.74, 6) is -0.209. The van der Waals surface area contributed by atoms with Gasteiger partial charge in [-0.3, -0.25) is 9.59 Å². The number of primary amides is 1. The molecule has 6 heteroatoms. The van der Waals surface area contributed by atoms with Gasteiger partial charge in [-0.25, -0.2) is 0 Å². The summed E-state index contributed by atoms with van der Waals surface area (Å²) in [4.78, 5) is 22.7. The summed E-state index contributed by atoms with van der Waals surface area (Å²) in [5, 5.41) is 2.67. The van der Waals surface area contributed by atoms with Crippen molar-refractivity contribution in [3.05, 3.63) is 58.6 Å². The van der Waals surface area contributed by atoms with Crippen LogP contribution in [0.2, 0.25) is 0 Å². The number of hydrogen-bond acceptors (Lipinski definition) is 3. The smallest absolute Gasteiger partial charge is 0.262 e. The molecule has 108 valence electrons. The Labute approximate surface area is 130 Å². The molecule has 2 rings (SSSR count). The highest BCUT2D eigenvalue weighted by atomic mass is 79.9. The number of anilines is 1. The van der Waals surface area contributed by atoms with E-state index in [1.807, 2.05) is 18.2 Å². The molecule has 0 saturated carbocycles. The molecule has 0 unspecified atom stereocenters. The summed E-state index contributed by atoms with van der Waals surface area (Å²) >= 11 is 3.33. The zero-order valence-electron chi connectivity index (χ0n) is 11.0. The molecular formula is C15H13BrN2O3. The Bertz CT molecular complexity index is 656. The number of halogens is 1. The van der Waals surface area contributed by atoms with E-state index in [0.29, 0.717) is 17.0 Å². The number of carbonyl (C=O) groups is 2. The molecule has 0 heterocycles. The number of benzene rings is 2. The first-order valence-electron chi connectivity index (χ1n) is 6.13. The van der Waals surface area contributed by atoms with E-state index in [1.54, 1.807) is 30.3 Å². The number of carbonyl (C=O) groups excluding carboxylic acids is 2. The first kappa shape index (κ1) is 15.1. The van der Waals surface area contributed by atoms with Crippen molar-refractivity contribution in [3.8, 4) is 5.75 Å². The molecule has 2 aromatic carbocycles. The molecule has 0 atom stereocenters. The second kappa shape index (κ2) is 6.90. The van der Waals surface area contributed by atoms with Gasteiger partial charge in [-0.15, -0.1) is 0 Å². The van der Waals surface area contributed by atoms with Crippen LogP contribution in [0.3, 0.4) is 0 Å². The van der Waals surface area contributed by atoms with Crippen LogP contribution in [0.4, 0.5) is 5.69 Å². The van der Waals surface area contributed by atoms with Crippen LogP contribution in [0, 0.1) is 0 Å². The molecule has 0 aliphatic rings. The van der Waals surface area contributed by atoms with Gasteiger partial charge >= 0.3 is 0 Å². The van der Waals surface area contributed by atoms with Crippen LogP contribution in [0.1, 0.15) is 10.4 Å². The van der Waals surface area contributed by atoms with E-state index in [0.717, 1.165) is 4.47 Å². The maximum atomic E-state index is 11.8. The van der Waals surface area contributed by atoms with Crippen molar-refractivity contribution in [2.45, 2.75) is 0 Å². The molecule has 0 bridgehead atoms. The minimum atomic E-state index is -0.509. The largest absolute Gasteiger partial charge is 0.483 e. The Morgan fingerprint density at radius 2 is 1.76 bits per heavy atom. The minimum absolute atomic E-state index is 0.111. The fourth-order valence-electron chi connectivity index (χ4n) is 1.62. The fourth-order valence-corrected chi connectivity index (χ4v) is 2.02. The number of rotatable bonds is 5. The minimum Gasteiger partial charge on any atom is -0.483 e. The van der Waals surface area contributed by atoms with Gasteiger partial charge in [0, 0.05) is 11.3 Å². The van der Waals surface area contributed by atoms with Crippen LogP contribution >= 0.6 is 15.9 Å². The van der Waals surface area contributed by atoms with Crippen molar-refractivity contribution in [2.75, 3.05) is 11.9 Å². The van der Waals surface area contributed by atoms with E-state index in [1.165, 1.54) is 0 Å². The van der Waals surface area contributed by atoms with Crippen LogP contribution in [-0.4, -0.2) is 18.4 Å². The number of amides is 2. The average molecular weight is 349 g/mol. The van der Waals surface area contributed by atoms with Gasteiger partial charge in [0.2, 0.25) is 5.91 Å². The highest BCUT2D eigenvalue weighted by molar-refractivity contribution is 9.10. The Morgan fingerprint density at radius 1 is 1.10 bits per heavy atom. The molecular weight excluding hydrogens is 336 g/mol. The number of ether oxygens (including phenoxy) is 1. The molecule has 0 saturated heterocycles. The van der Waals surface area contributed by atoms with Crippen molar-refractivity contribution < 1.29 is 14.3 Å². The lowest BCUT2D eigenvalue weighted by atomic mass is 10.2. The number of nitrogens with one attached hydrogen (secondary N) is 1. The summed E-state index contributed by atoms with van der Waals surface area (Å²) < 4.78 is 6.18. The average Bonchev–Trinajstić information content (AvgIpc) is 2.47. The quantitative estimate of drug-likeness (QED) is 0.871. The Kier molecular flexibility index (Phi) is 4.94. The van der Waals surface area contributed by atoms with Crippen molar-refractivity contribution in [2.24, 2.45) is 5.73 Å². The van der Waals surface area contributed by atoms with E-state index < -0.39 is 5.91 Å². The molecule has 2 aromatic rings. The first-order chi connectivity index (χ1) is 10.1. The van der Waals surface area contributed by atoms with Crippen molar-refractivity contribution >= 4 is 33.4 Å². The second-order valence-electron chi connectivity index (χ2n) is 4.21. The summed E-state index contributed by atoms with van der Waals surface area (Å²) in [6, 6.07) is 13.6. The molecule has 0 spiro atoms. The van der Waals surface area contributed by atoms with E-state index in [2.05, 4.69) is 21.2 Å². The Hall–Kier alpha value is -2.34. The maximum Gasteiger partial charge on any atom is 0.262 e. The molecule has 5 nitrogen and oxygen atoms in total. The maximum absolute atomic E-state index is 11.8. The number of nitrogens with two attached hydrogens (primary N) is 1. The molecule has 0 radical (unpaired) electrons. The lowest BCUT2D eigenvalue weighted by Crippen LogP contribution is -2.20. The highest BCUT2D eigenvalue weighted by Gasteiger charge is 2.06. The predicted octanol–water partition coefficient (Wildman–Crippen LogP) is 2.57. The third-order valence-electron chi connectivity index (χ3n) is 2.65. The van der Waals surface area contributed by atoms with Crippen molar-refractivity contribution in [3.63, 3.8) is 0 Å². The van der Waals surface area contributed by atoms with Gasteiger partial charge in [-0.1, -0.05) is 12.1 Å². The van der Waals surface area contributed by atoms with Crippen LogP contribution < -0.4 is 15.8 Å². The third kappa shape index (κ3) is 4.32. The Morgan fingerprint density at radius 3 is 2.38 bits per heavy atom. The van der Waals surface area contributed by atoms with Crippen molar-refractivity contribution in [1.29, 1.82) is 0 Å². The zero-order chi connectivity index (χ0) is 15.2. The standard InChI is InChI=1S/C15H13BrN2O3/c16-12-3-1-2-4-13(12)21-9-14(19)18-11-7-5-10(6-8-11)15(17)20/h1-8H,9H2,(H2,17,20)(H,18,19). The third-order valence-corrected chi connectivity index (χ3v) is 3.30. The van der Waals surface area contributed by atoms with Gasteiger partial charge in [-0.05, 0) is 52.3 Å². The zero-order valence-corrected chi connectivity index (χ0v) is 12.6. The van der Waals surface area contributed by atoms with E-state index >= 15 is 0 Å². The highest BCUT2D eigenvalue weighted by Crippen LogP contribution is 2.23. The first-order valence-corrected chi connectivity index (χ1v) is 6.92. The molecule has 0 aromatic heterocycles. The summed E-state index contributed by atoms with van der Waals surface area (Å²) in [5.41, 5.74) is 6.10. The SMILES string of the molecule is NC(=O)c1ccc(NC(=O)COc2ccccc2Br)cc1. The van der Waals surface area contributed by atoms with Crippen LogP contribution in [0.25, 0.3) is 0 Å². The van der Waals surface area contributed by atoms with E-state index in [4.69, 9.17) is 10.5 Å². The molecule has 0 aliphatic carbocycles. The fraction of sp³-hybridized carbons (Fsp3) is 0.0667. The van der Waals surface area contributed by atoms with Crippen LogP contribution in [0.5, 0.6) is 5.75 Å².